The molecule has 27 heavy (non-hydrogen) atoms. The lowest BCUT2D eigenvalue weighted by Crippen LogP contribution is -2.07. The van der Waals surface area contributed by atoms with Gasteiger partial charge in [0, 0.05) is 41.4 Å². The van der Waals surface area contributed by atoms with Crippen molar-refractivity contribution in [3.8, 4) is 0 Å². The molecule has 4 aromatic heterocycles. The molecule has 0 aliphatic rings. The Balaban J connectivity index is 1.81. The highest BCUT2D eigenvalue weighted by molar-refractivity contribution is 5.80. The monoisotopic (exact) mass is 374 g/mol. The average Bonchev–Trinajstić information content (AvgIpc) is 3.32. The summed E-state index contributed by atoms with van der Waals surface area (Å²) in [5.74, 6) is -0.947. The van der Waals surface area contributed by atoms with Crippen molar-refractivity contribution in [2.75, 3.05) is 0 Å². The Labute approximate surface area is 152 Å². The minimum Gasteiger partial charge on any atom is -0.456 e. The van der Waals surface area contributed by atoms with Gasteiger partial charge in [-0.2, -0.15) is 18.3 Å². The number of aromatic nitrogens is 4. The number of fused-ring (bicyclic) bond motifs is 1. The number of hydrogen-bond donors (Lipinski definition) is 2. The van der Waals surface area contributed by atoms with E-state index in [2.05, 4.69) is 20.2 Å². The Morgan fingerprint density at radius 2 is 2.00 bits per heavy atom. The molecular formula is C19H17F3N4O. The van der Waals surface area contributed by atoms with Gasteiger partial charge in [-0.15, -0.1) is 0 Å². The van der Waals surface area contributed by atoms with Gasteiger partial charge in [-0.3, -0.25) is 5.10 Å². The second-order valence-corrected chi connectivity index (χ2v) is 6.51. The van der Waals surface area contributed by atoms with Gasteiger partial charge in [-0.05, 0) is 43.7 Å². The molecule has 0 bridgehead atoms. The number of rotatable bonds is 4. The summed E-state index contributed by atoms with van der Waals surface area (Å²) in [6.07, 6.45) is -0.686. The normalized spacial score (nSPS) is 13.4. The third-order valence-corrected chi connectivity index (χ3v) is 4.74. The van der Waals surface area contributed by atoms with Crippen LogP contribution in [0.1, 0.15) is 40.0 Å². The second kappa shape index (κ2) is 6.29. The van der Waals surface area contributed by atoms with E-state index in [4.69, 9.17) is 4.42 Å². The van der Waals surface area contributed by atoms with Crippen LogP contribution in [0.5, 0.6) is 0 Å². The number of furan rings is 1. The second-order valence-electron chi connectivity index (χ2n) is 6.51. The number of H-pyrrole nitrogens is 2. The summed E-state index contributed by atoms with van der Waals surface area (Å²) in [5.41, 5.74) is 4.30. The van der Waals surface area contributed by atoms with Crippen LogP contribution in [0.15, 0.2) is 41.1 Å². The first-order valence-corrected chi connectivity index (χ1v) is 8.44. The van der Waals surface area contributed by atoms with E-state index in [1.54, 1.807) is 6.20 Å². The Bertz CT molecular complexity index is 1070. The van der Waals surface area contributed by atoms with Crippen molar-refractivity contribution in [3.63, 3.8) is 0 Å². The fourth-order valence-corrected chi connectivity index (χ4v) is 3.55. The first kappa shape index (κ1) is 17.4. The predicted octanol–water partition coefficient (Wildman–Crippen LogP) is 4.89. The van der Waals surface area contributed by atoms with Crippen LogP contribution < -0.4 is 0 Å². The van der Waals surface area contributed by atoms with Crippen molar-refractivity contribution < 1.29 is 17.6 Å². The standard InChI is InChI=1S/C19H17F3N4O/c1-10-17(11(2)26-25-10)14(8-12-5-6-16(27-12)19(20,21)22)15-9-24-18-13(15)4-3-7-23-18/h3-7,9,14H,8H2,1-2H3,(H,23,24)(H,25,26). The predicted molar refractivity (Wildman–Crippen MR) is 93.4 cm³/mol. The molecule has 0 aliphatic heterocycles. The van der Waals surface area contributed by atoms with E-state index < -0.39 is 11.9 Å². The lowest BCUT2D eigenvalue weighted by molar-refractivity contribution is -0.153. The Kier molecular flexibility index (Phi) is 4.05. The number of pyridine rings is 1. The van der Waals surface area contributed by atoms with Gasteiger partial charge in [-0.25, -0.2) is 4.98 Å². The molecule has 0 aliphatic carbocycles. The van der Waals surface area contributed by atoms with Gasteiger partial charge in [-0.1, -0.05) is 0 Å². The van der Waals surface area contributed by atoms with E-state index in [1.165, 1.54) is 6.07 Å². The zero-order valence-corrected chi connectivity index (χ0v) is 14.7. The van der Waals surface area contributed by atoms with Gasteiger partial charge in [0.25, 0.3) is 0 Å². The van der Waals surface area contributed by atoms with Gasteiger partial charge in [0.2, 0.25) is 5.76 Å². The zero-order valence-electron chi connectivity index (χ0n) is 14.7. The lowest BCUT2D eigenvalue weighted by Gasteiger charge is -2.16. The molecule has 4 heterocycles. The molecule has 8 heteroatoms. The Morgan fingerprint density at radius 1 is 1.19 bits per heavy atom. The number of nitrogens with zero attached hydrogens (tertiary/aromatic N) is 2. The minimum absolute atomic E-state index is 0.228. The fraction of sp³-hybridized carbons (Fsp3) is 0.263. The van der Waals surface area contributed by atoms with Crippen LogP contribution >= 0.6 is 0 Å². The molecule has 0 saturated heterocycles. The number of aryl methyl sites for hydroxylation is 2. The topological polar surface area (TPSA) is 70.5 Å². The SMILES string of the molecule is Cc1n[nH]c(C)c1C(Cc1ccc(C(F)(F)F)o1)c1c[nH]c2ncccc12. The van der Waals surface area contributed by atoms with Crippen molar-refractivity contribution >= 4 is 11.0 Å². The molecule has 1 atom stereocenters. The fourth-order valence-electron chi connectivity index (χ4n) is 3.55. The molecule has 4 aromatic rings. The van der Waals surface area contributed by atoms with Crippen LogP contribution in [0.3, 0.4) is 0 Å². The van der Waals surface area contributed by atoms with Crippen LogP contribution in [-0.2, 0) is 12.6 Å². The van der Waals surface area contributed by atoms with Crippen molar-refractivity contribution in [1.82, 2.24) is 20.2 Å². The molecule has 0 fully saturated rings. The molecule has 5 nitrogen and oxygen atoms in total. The van der Waals surface area contributed by atoms with Crippen molar-refractivity contribution in [2.45, 2.75) is 32.4 Å². The van der Waals surface area contributed by atoms with E-state index in [0.717, 1.165) is 39.6 Å². The van der Waals surface area contributed by atoms with Crippen LogP contribution in [0, 0.1) is 13.8 Å². The highest BCUT2D eigenvalue weighted by Crippen LogP contribution is 2.37. The van der Waals surface area contributed by atoms with Gasteiger partial charge in [0.05, 0.1) is 5.69 Å². The molecule has 4 rings (SSSR count). The summed E-state index contributed by atoms with van der Waals surface area (Å²) >= 11 is 0. The molecule has 1 unspecified atom stereocenters. The summed E-state index contributed by atoms with van der Waals surface area (Å²) in [5, 5.41) is 8.13. The summed E-state index contributed by atoms with van der Waals surface area (Å²) in [7, 11) is 0. The van der Waals surface area contributed by atoms with E-state index in [9.17, 15) is 13.2 Å². The van der Waals surface area contributed by atoms with E-state index >= 15 is 0 Å². The third kappa shape index (κ3) is 3.11. The smallest absolute Gasteiger partial charge is 0.449 e. The van der Waals surface area contributed by atoms with Crippen LogP contribution in [0.4, 0.5) is 13.2 Å². The van der Waals surface area contributed by atoms with E-state index in [1.807, 2.05) is 32.2 Å². The molecule has 2 N–H and O–H groups in total. The third-order valence-electron chi connectivity index (χ3n) is 4.74. The number of hydrogen-bond acceptors (Lipinski definition) is 3. The molecule has 0 saturated carbocycles. The zero-order chi connectivity index (χ0) is 19.2. The maximum Gasteiger partial charge on any atom is 0.449 e. The summed E-state index contributed by atoms with van der Waals surface area (Å²) in [6, 6.07) is 6.13. The maximum absolute atomic E-state index is 12.9. The highest BCUT2D eigenvalue weighted by Gasteiger charge is 2.35. The van der Waals surface area contributed by atoms with Gasteiger partial charge >= 0.3 is 6.18 Å². The summed E-state index contributed by atoms with van der Waals surface area (Å²) in [4.78, 5) is 7.44. The van der Waals surface area contributed by atoms with Gasteiger partial charge in [0.1, 0.15) is 11.4 Å². The maximum atomic E-state index is 12.9. The van der Waals surface area contributed by atoms with E-state index in [-0.39, 0.29) is 18.1 Å². The Morgan fingerprint density at radius 3 is 2.67 bits per heavy atom. The Hall–Kier alpha value is -3.03. The van der Waals surface area contributed by atoms with Crippen LogP contribution in [0.25, 0.3) is 11.0 Å². The number of halogens is 3. The van der Waals surface area contributed by atoms with Crippen molar-refractivity contribution in [3.05, 3.63) is 70.7 Å². The first-order valence-electron chi connectivity index (χ1n) is 8.44. The van der Waals surface area contributed by atoms with Gasteiger partial charge < -0.3 is 9.40 Å². The van der Waals surface area contributed by atoms with Crippen LogP contribution in [0.2, 0.25) is 0 Å². The van der Waals surface area contributed by atoms with Gasteiger partial charge in [0.15, 0.2) is 0 Å². The lowest BCUT2D eigenvalue weighted by atomic mass is 9.86. The average molecular weight is 374 g/mol. The molecule has 0 radical (unpaired) electrons. The largest absolute Gasteiger partial charge is 0.456 e. The molecule has 0 aromatic carbocycles. The molecule has 0 spiro atoms. The van der Waals surface area contributed by atoms with Crippen molar-refractivity contribution in [1.29, 1.82) is 0 Å². The van der Waals surface area contributed by atoms with E-state index in [0.29, 0.717) is 0 Å². The van der Waals surface area contributed by atoms with Crippen LogP contribution in [-0.4, -0.2) is 20.2 Å². The number of nitrogens with one attached hydrogen (secondary N) is 2. The summed E-state index contributed by atoms with van der Waals surface area (Å²) in [6.45, 7) is 3.78. The minimum atomic E-state index is -4.50. The summed E-state index contributed by atoms with van der Waals surface area (Å²) < 4.78 is 43.8. The molecular weight excluding hydrogens is 357 g/mol. The highest BCUT2D eigenvalue weighted by atomic mass is 19.4. The quantitative estimate of drug-likeness (QED) is 0.534. The first-order chi connectivity index (χ1) is 12.8. The number of aromatic amines is 2. The number of alkyl halides is 3. The molecule has 0 amide bonds. The van der Waals surface area contributed by atoms with Crippen molar-refractivity contribution in [2.24, 2.45) is 0 Å². The molecule has 140 valence electrons.